The maximum atomic E-state index is 13.0. The molecule has 0 saturated carbocycles. The molecule has 9 heteroatoms. The van der Waals surface area contributed by atoms with Crippen LogP contribution < -0.4 is 16.2 Å². The molecule has 0 spiro atoms. The van der Waals surface area contributed by atoms with E-state index in [0.717, 1.165) is 6.20 Å². The summed E-state index contributed by atoms with van der Waals surface area (Å²) in [7, 11) is 0. The van der Waals surface area contributed by atoms with Crippen LogP contribution in [0.2, 0.25) is 0 Å². The Labute approximate surface area is 141 Å². The van der Waals surface area contributed by atoms with Gasteiger partial charge >= 0.3 is 0 Å². The van der Waals surface area contributed by atoms with Crippen LogP contribution in [0.1, 0.15) is 18.7 Å². The number of pyridine rings is 2. The molecule has 25 heavy (non-hydrogen) atoms. The van der Waals surface area contributed by atoms with Crippen molar-refractivity contribution in [2.24, 2.45) is 0 Å². The maximum absolute atomic E-state index is 13.0. The zero-order valence-electron chi connectivity index (χ0n) is 13.2. The summed E-state index contributed by atoms with van der Waals surface area (Å²) in [4.78, 5) is 26.3. The fraction of sp³-hybridized carbons (Fsp3) is 0.125. The summed E-state index contributed by atoms with van der Waals surface area (Å²) in [5.74, 6) is -0.304. The summed E-state index contributed by atoms with van der Waals surface area (Å²) < 4.78 is 13.0. The molecule has 0 aromatic carbocycles. The number of aromatic nitrogens is 4. The minimum absolute atomic E-state index is 0.135. The Balaban J connectivity index is 1.81. The number of hydrogen-bond acceptors (Lipinski definition) is 7. The second-order valence-corrected chi connectivity index (χ2v) is 5.23. The molecule has 128 valence electrons. The van der Waals surface area contributed by atoms with Gasteiger partial charge in [0.25, 0.3) is 5.56 Å². The van der Waals surface area contributed by atoms with E-state index in [1.54, 1.807) is 19.1 Å². The van der Waals surface area contributed by atoms with Crippen molar-refractivity contribution in [2.75, 3.05) is 10.6 Å². The van der Waals surface area contributed by atoms with Gasteiger partial charge in [0.2, 0.25) is 5.95 Å². The first-order valence-electron chi connectivity index (χ1n) is 7.41. The monoisotopic (exact) mass is 342 g/mol. The summed E-state index contributed by atoms with van der Waals surface area (Å²) in [6.45, 7) is 1.79. The second kappa shape index (κ2) is 6.95. The van der Waals surface area contributed by atoms with Crippen LogP contribution in [0.3, 0.4) is 0 Å². The number of nitrogens with one attached hydrogen (secondary N) is 3. The number of aromatic hydroxyl groups is 1. The highest BCUT2D eigenvalue weighted by atomic mass is 19.1. The van der Waals surface area contributed by atoms with Gasteiger partial charge in [0.05, 0.1) is 24.1 Å². The highest BCUT2D eigenvalue weighted by Crippen LogP contribution is 2.25. The fourth-order valence-electron chi connectivity index (χ4n) is 2.10. The van der Waals surface area contributed by atoms with Crippen LogP contribution in [0.15, 0.2) is 47.7 Å². The van der Waals surface area contributed by atoms with Gasteiger partial charge in [-0.3, -0.25) is 9.78 Å². The molecule has 0 bridgehead atoms. The lowest BCUT2D eigenvalue weighted by molar-refractivity contribution is 0.471. The van der Waals surface area contributed by atoms with E-state index >= 15 is 0 Å². The summed E-state index contributed by atoms with van der Waals surface area (Å²) in [6, 6.07) is 5.73. The van der Waals surface area contributed by atoms with E-state index in [0.29, 0.717) is 5.69 Å². The van der Waals surface area contributed by atoms with Crippen LogP contribution >= 0.6 is 0 Å². The molecule has 0 aliphatic rings. The van der Waals surface area contributed by atoms with Gasteiger partial charge in [-0.1, -0.05) is 0 Å². The Bertz CT molecular complexity index is 928. The number of aromatic amines is 1. The fourth-order valence-corrected chi connectivity index (χ4v) is 2.10. The number of anilines is 3. The van der Waals surface area contributed by atoms with E-state index in [9.17, 15) is 14.3 Å². The third-order valence-electron chi connectivity index (χ3n) is 3.38. The molecule has 3 aromatic heterocycles. The quantitative estimate of drug-likeness (QED) is 0.562. The Morgan fingerprint density at radius 1 is 1.24 bits per heavy atom. The summed E-state index contributed by atoms with van der Waals surface area (Å²) in [5.41, 5.74) is 0.526. The molecule has 0 aliphatic heterocycles. The molecule has 0 fully saturated rings. The van der Waals surface area contributed by atoms with Crippen LogP contribution in [0, 0.1) is 5.82 Å². The third kappa shape index (κ3) is 3.89. The van der Waals surface area contributed by atoms with Crippen LogP contribution in [0.5, 0.6) is 5.75 Å². The Hall–Kier alpha value is -3.49. The summed E-state index contributed by atoms with van der Waals surface area (Å²) in [5, 5.41) is 15.7. The molecule has 0 aliphatic carbocycles. The lowest BCUT2D eigenvalue weighted by atomic mass is 10.2. The number of nitrogens with zero attached hydrogens (tertiary/aromatic N) is 3. The topological polar surface area (TPSA) is 116 Å². The third-order valence-corrected chi connectivity index (χ3v) is 3.38. The Morgan fingerprint density at radius 3 is 2.80 bits per heavy atom. The molecular weight excluding hydrogens is 327 g/mol. The molecule has 8 nitrogen and oxygen atoms in total. The lowest BCUT2D eigenvalue weighted by Crippen LogP contribution is -2.13. The normalized spacial score (nSPS) is 11.8. The summed E-state index contributed by atoms with van der Waals surface area (Å²) in [6.07, 6.45) is 3.83. The minimum Gasteiger partial charge on any atom is -0.503 e. The Kier molecular flexibility index (Phi) is 4.55. The molecule has 3 aromatic rings. The van der Waals surface area contributed by atoms with Gasteiger partial charge in [-0.15, -0.1) is 0 Å². The number of H-pyrrole nitrogens is 1. The van der Waals surface area contributed by atoms with Crippen molar-refractivity contribution in [1.29, 1.82) is 0 Å². The molecule has 0 radical (unpaired) electrons. The molecule has 0 amide bonds. The number of rotatable bonds is 5. The highest BCUT2D eigenvalue weighted by molar-refractivity contribution is 5.57. The van der Waals surface area contributed by atoms with Gasteiger partial charge in [-0.05, 0) is 31.2 Å². The van der Waals surface area contributed by atoms with Crippen molar-refractivity contribution in [1.82, 2.24) is 19.9 Å². The molecule has 1 atom stereocenters. The molecule has 0 saturated heterocycles. The van der Waals surface area contributed by atoms with Gasteiger partial charge in [-0.25, -0.2) is 9.37 Å². The average Bonchev–Trinajstić information content (AvgIpc) is 2.60. The van der Waals surface area contributed by atoms with E-state index in [1.807, 2.05) is 0 Å². The van der Waals surface area contributed by atoms with Gasteiger partial charge in [0.1, 0.15) is 11.5 Å². The van der Waals surface area contributed by atoms with Crippen molar-refractivity contribution >= 4 is 17.5 Å². The second-order valence-electron chi connectivity index (χ2n) is 5.23. The largest absolute Gasteiger partial charge is 0.503 e. The predicted octanol–water partition coefficient (Wildman–Crippen LogP) is 2.32. The highest BCUT2D eigenvalue weighted by Gasteiger charge is 2.13. The van der Waals surface area contributed by atoms with Crippen LogP contribution in [-0.2, 0) is 0 Å². The van der Waals surface area contributed by atoms with E-state index in [1.165, 1.54) is 24.5 Å². The summed E-state index contributed by atoms with van der Waals surface area (Å²) >= 11 is 0. The van der Waals surface area contributed by atoms with Gasteiger partial charge in [0.15, 0.2) is 11.6 Å². The van der Waals surface area contributed by atoms with Crippen LogP contribution in [-0.4, -0.2) is 25.0 Å². The molecule has 4 N–H and O–H groups in total. The number of hydrogen-bond donors (Lipinski definition) is 4. The van der Waals surface area contributed by atoms with E-state index in [2.05, 4.69) is 30.6 Å². The van der Waals surface area contributed by atoms with Crippen molar-refractivity contribution in [3.05, 3.63) is 64.7 Å². The van der Waals surface area contributed by atoms with Crippen LogP contribution in [0.25, 0.3) is 0 Å². The van der Waals surface area contributed by atoms with Crippen molar-refractivity contribution in [3.63, 3.8) is 0 Å². The lowest BCUT2D eigenvalue weighted by Gasteiger charge is -2.15. The first-order valence-corrected chi connectivity index (χ1v) is 7.41. The average molecular weight is 342 g/mol. The molecule has 3 rings (SSSR count). The SMILES string of the molecule is C[C@H](Nc1nc(Nc2ccc[nH]c2=O)ncc1O)c1ccc(F)cn1. The zero-order valence-corrected chi connectivity index (χ0v) is 13.2. The first kappa shape index (κ1) is 16.4. The van der Waals surface area contributed by atoms with Gasteiger partial charge < -0.3 is 20.7 Å². The van der Waals surface area contributed by atoms with Crippen molar-refractivity contribution in [3.8, 4) is 5.75 Å². The minimum atomic E-state index is -0.430. The molecule has 3 heterocycles. The van der Waals surface area contributed by atoms with E-state index in [4.69, 9.17) is 0 Å². The van der Waals surface area contributed by atoms with Crippen LogP contribution in [0.4, 0.5) is 21.8 Å². The molecule has 0 unspecified atom stereocenters. The maximum Gasteiger partial charge on any atom is 0.271 e. The van der Waals surface area contributed by atoms with E-state index < -0.39 is 5.82 Å². The standard InChI is InChI=1S/C16H15FN6O2/c1-9(11-5-4-10(17)7-19-11)21-14-13(24)8-20-16(23-14)22-12-3-2-6-18-15(12)25/h2-9,24H,1H3,(H,18,25)(H2,20,21,22,23)/t9-/m0/s1. The predicted molar refractivity (Wildman–Crippen MR) is 90.3 cm³/mol. The van der Waals surface area contributed by atoms with Gasteiger partial charge in [-0.2, -0.15) is 4.98 Å². The molecular formula is C16H15FN6O2. The zero-order chi connectivity index (χ0) is 17.8. The Morgan fingerprint density at radius 2 is 2.08 bits per heavy atom. The van der Waals surface area contributed by atoms with Gasteiger partial charge in [0, 0.05) is 6.20 Å². The number of halogens is 1. The van der Waals surface area contributed by atoms with Crippen molar-refractivity contribution < 1.29 is 9.50 Å². The first-order chi connectivity index (χ1) is 12.0. The smallest absolute Gasteiger partial charge is 0.271 e. The van der Waals surface area contributed by atoms with E-state index in [-0.39, 0.29) is 34.8 Å². The van der Waals surface area contributed by atoms with Crippen molar-refractivity contribution in [2.45, 2.75) is 13.0 Å².